The number of aryl methyl sites for hydroxylation is 1. The number of piperidine rings is 1. The van der Waals surface area contributed by atoms with Crippen LogP contribution in [0, 0.1) is 0 Å². The van der Waals surface area contributed by atoms with Gasteiger partial charge in [0.05, 0.1) is 19.3 Å². The number of amides is 1. The van der Waals surface area contributed by atoms with Crippen molar-refractivity contribution in [2.45, 2.75) is 37.7 Å². The highest BCUT2D eigenvalue weighted by Crippen LogP contribution is 2.29. The van der Waals surface area contributed by atoms with Crippen LogP contribution in [-0.2, 0) is 6.42 Å². The molecule has 0 bridgehead atoms. The van der Waals surface area contributed by atoms with E-state index in [9.17, 15) is 9.90 Å². The first-order chi connectivity index (χ1) is 13.1. The zero-order valence-electron chi connectivity index (χ0n) is 15.5. The van der Waals surface area contributed by atoms with Crippen molar-refractivity contribution in [1.82, 2.24) is 4.90 Å². The monoisotopic (exact) mass is 369 g/mol. The molecule has 1 saturated heterocycles. The van der Waals surface area contributed by atoms with Crippen LogP contribution in [0.5, 0.6) is 5.75 Å². The molecular formula is C22H27NO4. The number of carboxylic acid groups (broad SMARTS) is 1. The molecule has 0 radical (unpaired) electrons. The van der Waals surface area contributed by atoms with Gasteiger partial charge in [0, 0.05) is 12.5 Å². The average Bonchev–Trinajstić information content (AvgIpc) is 2.69. The van der Waals surface area contributed by atoms with E-state index >= 15 is 0 Å². The summed E-state index contributed by atoms with van der Waals surface area (Å²) < 4.78 is 5.81. The number of nitrogens with zero attached hydrogens (tertiary/aromatic N) is 1. The number of unbranched alkanes of at least 4 members (excludes halogenated alkanes) is 1. The standard InChI is InChI=1S/C22H27NO4/c24-21-16-23(22(25)26)14-13-20(21)18-9-11-19(12-10-18)27-15-5-4-8-17-6-2-1-3-7-17/h1-3,6-7,9-12,20-21,24H,4-5,8,13-16H2,(H,25,26). The largest absolute Gasteiger partial charge is 0.494 e. The molecule has 2 atom stereocenters. The first-order valence-corrected chi connectivity index (χ1v) is 9.56. The summed E-state index contributed by atoms with van der Waals surface area (Å²) in [5.41, 5.74) is 2.39. The minimum Gasteiger partial charge on any atom is -0.494 e. The summed E-state index contributed by atoms with van der Waals surface area (Å²) in [7, 11) is 0. The van der Waals surface area contributed by atoms with Gasteiger partial charge in [0.25, 0.3) is 0 Å². The molecule has 0 aliphatic carbocycles. The van der Waals surface area contributed by atoms with E-state index in [2.05, 4.69) is 24.3 Å². The molecule has 1 amide bonds. The maximum Gasteiger partial charge on any atom is 0.407 e. The Morgan fingerprint density at radius 1 is 1.07 bits per heavy atom. The molecular weight excluding hydrogens is 342 g/mol. The SMILES string of the molecule is O=C(O)N1CCC(c2ccc(OCCCCc3ccccc3)cc2)C(O)C1. The second-order valence-electron chi connectivity index (χ2n) is 7.05. The van der Waals surface area contributed by atoms with Gasteiger partial charge >= 0.3 is 6.09 Å². The van der Waals surface area contributed by atoms with Crippen LogP contribution in [0.3, 0.4) is 0 Å². The van der Waals surface area contributed by atoms with E-state index in [0.29, 0.717) is 19.6 Å². The van der Waals surface area contributed by atoms with Crippen molar-refractivity contribution in [3.63, 3.8) is 0 Å². The summed E-state index contributed by atoms with van der Waals surface area (Å²) in [6.45, 7) is 1.31. The van der Waals surface area contributed by atoms with E-state index in [1.165, 1.54) is 10.5 Å². The molecule has 1 aliphatic rings. The molecule has 27 heavy (non-hydrogen) atoms. The number of β-amino-alcohol motifs (C(OH)–C–C–N with tert-alkyl or cyclic N) is 1. The predicted molar refractivity (Wildman–Crippen MR) is 104 cm³/mol. The number of benzene rings is 2. The quantitative estimate of drug-likeness (QED) is 0.726. The average molecular weight is 369 g/mol. The molecule has 1 fully saturated rings. The van der Waals surface area contributed by atoms with E-state index < -0.39 is 12.2 Å². The molecule has 0 saturated carbocycles. The first kappa shape index (κ1) is 19.2. The van der Waals surface area contributed by atoms with Gasteiger partial charge in [0.2, 0.25) is 0 Å². The maximum absolute atomic E-state index is 11.0. The summed E-state index contributed by atoms with van der Waals surface area (Å²) in [4.78, 5) is 12.3. The Bertz CT molecular complexity index is 717. The normalized spacial score (nSPS) is 19.7. The molecule has 2 N–H and O–H groups in total. The number of carbonyl (C=O) groups is 1. The van der Waals surface area contributed by atoms with Gasteiger partial charge in [-0.3, -0.25) is 0 Å². The summed E-state index contributed by atoms with van der Waals surface area (Å²) in [5, 5.41) is 19.3. The molecule has 144 valence electrons. The first-order valence-electron chi connectivity index (χ1n) is 9.56. The van der Waals surface area contributed by atoms with Crippen molar-refractivity contribution in [2.75, 3.05) is 19.7 Å². The Morgan fingerprint density at radius 3 is 2.48 bits per heavy atom. The van der Waals surface area contributed by atoms with Crippen LogP contribution < -0.4 is 4.74 Å². The van der Waals surface area contributed by atoms with E-state index in [0.717, 1.165) is 30.6 Å². The molecule has 3 rings (SSSR count). The number of hydrogen-bond acceptors (Lipinski definition) is 3. The molecule has 0 spiro atoms. The lowest BCUT2D eigenvalue weighted by Gasteiger charge is -2.34. The van der Waals surface area contributed by atoms with Crippen molar-refractivity contribution in [3.8, 4) is 5.75 Å². The summed E-state index contributed by atoms with van der Waals surface area (Å²) in [6, 6.07) is 18.3. The van der Waals surface area contributed by atoms with Gasteiger partial charge in [-0.2, -0.15) is 0 Å². The highest BCUT2D eigenvalue weighted by molar-refractivity contribution is 5.65. The minimum atomic E-state index is -0.969. The Balaban J connectivity index is 1.41. The summed E-state index contributed by atoms with van der Waals surface area (Å²) in [5.74, 6) is 0.802. The Labute approximate surface area is 160 Å². The fraction of sp³-hybridized carbons (Fsp3) is 0.409. The van der Waals surface area contributed by atoms with Crippen molar-refractivity contribution in [1.29, 1.82) is 0 Å². The summed E-state index contributed by atoms with van der Waals surface area (Å²) >= 11 is 0. The molecule has 0 aromatic heterocycles. The van der Waals surface area contributed by atoms with Gasteiger partial charge in [-0.1, -0.05) is 42.5 Å². The minimum absolute atomic E-state index is 0.0273. The van der Waals surface area contributed by atoms with Crippen LogP contribution in [0.25, 0.3) is 0 Å². The zero-order chi connectivity index (χ0) is 19.1. The van der Waals surface area contributed by atoms with Crippen molar-refractivity contribution >= 4 is 6.09 Å². The van der Waals surface area contributed by atoms with Crippen LogP contribution in [0.15, 0.2) is 54.6 Å². The number of aliphatic hydroxyl groups is 1. The fourth-order valence-electron chi connectivity index (χ4n) is 3.57. The van der Waals surface area contributed by atoms with Crippen molar-refractivity contribution in [3.05, 3.63) is 65.7 Å². The van der Waals surface area contributed by atoms with Crippen LogP contribution in [0.2, 0.25) is 0 Å². The molecule has 1 heterocycles. The third kappa shape index (κ3) is 5.47. The molecule has 2 aromatic rings. The lowest BCUT2D eigenvalue weighted by molar-refractivity contribution is 0.0504. The highest BCUT2D eigenvalue weighted by atomic mass is 16.5. The van der Waals surface area contributed by atoms with E-state index in [4.69, 9.17) is 9.84 Å². The Hall–Kier alpha value is -2.53. The van der Waals surface area contributed by atoms with Crippen LogP contribution >= 0.6 is 0 Å². The molecule has 2 unspecified atom stereocenters. The van der Waals surface area contributed by atoms with Gasteiger partial charge in [-0.25, -0.2) is 4.79 Å². The zero-order valence-corrected chi connectivity index (χ0v) is 15.5. The van der Waals surface area contributed by atoms with E-state index in [1.54, 1.807) is 0 Å². The maximum atomic E-state index is 11.0. The van der Waals surface area contributed by atoms with Gasteiger partial charge < -0.3 is 19.8 Å². The number of rotatable bonds is 7. The molecule has 2 aromatic carbocycles. The number of ether oxygens (including phenoxy) is 1. The Morgan fingerprint density at radius 2 is 1.81 bits per heavy atom. The van der Waals surface area contributed by atoms with Crippen LogP contribution in [-0.4, -0.2) is 47.0 Å². The van der Waals surface area contributed by atoms with Gasteiger partial charge in [-0.15, -0.1) is 0 Å². The third-order valence-electron chi connectivity index (χ3n) is 5.13. The topological polar surface area (TPSA) is 70.0 Å². The lowest BCUT2D eigenvalue weighted by atomic mass is 9.87. The number of likely N-dealkylation sites (tertiary alicyclic amines) is 1. The van der Waals surface area contributed by atoms with Gasteiger partial charge in [-0.05, 0) is 48.9 Å². The van der Waals surface area contributed by atoms with Crippen molar-refractivity contribution in [2.24, 2.45) is 0 Å². The Kier molecular flexibility index (Phi) is 6.71. The fourth-order valence-corrected chi connectivity index (χ4v) is 3.57. The smallest absolute Gasteiger partial charge is 0.407 e. The predicted octanol–water partition coefficient (Wildman–Crippen LogP) is 3.92. The number of aliphatic hydroxyl groups excluding tert-OH is 1. The van der Waals surface area contributed by atoms with Gasteiger partial charge in [0.1, 0.15) is 5.75 Å². The lowest BCUT2D eigenvalue weighted by Crippen LogP contribution is -2.45. The second kappa shape index (κ2) is 9.42. The van der Waals surface area contributed by atoms with E-state index in [-0.39, 0.29) is 12.5 Å². The molecule has 1 aliphatic heterocycles. The molecule has 5 nitrogen and oxygen atoms in total. The van der Waals surface area contributed by atoms with Crippen LogP contribution in [0.4, 0.5) is 4.79 Å². The highest BCUT2D eigenvalue weighted by Gasteiger charge is 2.30. The van der Waals surface area contributed by atoms with Crippen LogP contribution in [0.1, 0.15) is 36.3 Å². The van der Waals surface area contributed by atoms with E-state index in [1.807, 2.05) is 30.3 Å². The summed E-state index contributed by atoms with van der Waals surface area (Å²) in [6.07, 6.45) is 2.16. The number of hydrogen-bond donors (Lipinski definition) is 2. The second-order valence-corrected chi connectivity index (χ2v) is 7.05. The van der Waals surface area contributed by atoms with Crippen molar-refractivity contribution < 1.29 is 19.7 Å². The third-order valence-corrected chi connectivity index (χ3v) is 5.13. The van der Waals surface area contributed by atoms with Gasteiger partial charge in [0.15, 0.2) is 0 Å². The molecule has 5 heteroatoms.